The summed E-state index contributed by atoms with van der Waals surface area (Å²) >= 11 is 0. The average Bonchev–Trinajstić information content (AvgIpc) is 2.28. The molecule has 0 saturated carbocycles. The number of esters is 1. The minimum Gasteiger partial charge on any atom is -0.492 e. The van der Waals surface area contributed by atoms with Crippen LogP contribution in [0, 0.1) is 0 Å². The number of rotatable bonds is 1. The SMILES string of the molecule is COC(=O)c1cccc2c1OCCC2C. The van der Waals surface area contributed by atoms with Gasteiger partial charge in [0.2, 0.25) is 0 Å². The maximum Gasteiger partial charge on any atom is 0.341 e. The predicted octanol–water partition coefficient (Wildman–Crippen LogP) is 2.36. The second-order valence-electron chi connectivity index (χ2n) is 3.75. The number of para-hydroxylation sites is 1. The van der Waals surface area contributed by atoms with Crippen molar-refractivity contribution in [2.45, 2.75) is 19.3 Å². The molecule has 15 heavy (non-hydrogen) atoms. The van der Waals surface area contributed by atoms with E-state index in [0.29, 0.717) is 23.8 Å². The van der Waals surface area contributed by atoms with Gasteiger partial charge in [-0.1, -0.05) is 19.1 Å². The van der Waals surface area contributed by atoms with Gasteiger partial charge in [-0.3, -0.25) is 0 Å². The van der Waals surface area contributed by atoms with Crippen LogP contribution in [0.5, 0.6) is 5.75 Å². The third kappa shape index (κ3) is 1.69. The van der Waals surface area contributed by atoms with Gasteiger partial charge < -0.3 is 9.47 Å². The fraction of sp³-hybridized carbons (Fsp3) is 0.417. The maximum absolute atomic E-state index is 11.5. The lowest BCUT2D eigenvalue weighted by Gasteiger charge is -2.24. The number of ether oxygens (including phenoxy) is 2. The van der Waals surface area contributed by atoms with Gasteiger partial charge in [0.25, 0.3) is 0 Å². The summed E-state index contributed by atoms with van der Waals surface area (Å²) in [6, 6.07) is 5.62. The van der Waals surface area contributed by atoms with Gasteiger partial charge in [0, 0.05) is 0 Å². The van der Waals surface area contributed by atoms with E-state index in [4.69, 9.17) is 9.47 Å². The van der Waals surface area contributed by atoms with Gasteiger partial charge >= 0.3 is 5.97 Å². The number of fused-ring (bicyclic) bond motifs is 1. The number of methoxy groups -OCH3 is 1. The number of hydrogen-bond acceptors (Lipinski definition) is 3. The summed E-state index contributed by atoms with van der Waals surface area (Å²) < 4.78 is 10.3. The zero-order chi connectivity index (χ0) is 10.8. The van der Waals surface area contributed by atoms with Gasteiger partial charge in [-0.15, -0.1) is 0 Å². The van der Waals surface area contributed by atoms with E-state index in [2.05, 4.69) is 6.92 Å². The van der Waals surface area contributed by atoms with Crippen molar-refractivity contribution in [3.63, 3.8) is 0 Å². The van der Waals surface area contributed by atoms with Crippen LogP contribution in [-0.2, 0) is 4.74 Å². The van der Waals surface area contributed by atoms with Crippen molar-refractivity contribution < 1.29 is 14.3 Å². The van der Waals surface area contributed by atoms with Gasteiger partial charge in [-0.25, -0.2) is 4.79 Å². The lowest BCUT2D eigenvalue weighted by atomic mass is 9.93. The highest BCUT2D eigenvalue weighted by Gasteiger charge is 2.23. The van der Waals surface area contributed by atoms with E-state index in [1.807, 2.05) is 12.1 Å². The lowest BCUT2D eigenvalue weighted by molar-refractivity contribution is 0.0594. The molecule has 1 heterocycles. The van der Waals surface area contributed by atoms with Crippen LogP contribution in [0.15, 0.2) is 18.2 Å². The molecule has 3 heteroatoms. The molecule has 2 rings (SSSR count). The topological polar surface area (TPSA) is 35.5 Å². The van der Waals surface area contributed by atoms with Crippen molar-refractivity contribution >= 4 is 5.97 Å². The molecule has 1 aliphatic heterocycles. The molecular weight excluding hydrogens is 192 g/mol. The summed E-state index contributed by atoms with van der Waals surface area (Å²) in [5, 5.41) is 0. The first-order valence-electron chi connectivity index (χ1n) is 5.08. The van der Waals surface area contributed by atoms with E-state index in [-0.39, 0.29) is 5.97 Å². The second kappa shape index (κ2) is 3.93. The summed E-state index contributed by atoms with van der Waals surface area (Å²) in [4.78, 5) is 11.5. The molecule has 1 aromatic rings. The first-order valence-corrected chi connectivity index (χ1v) is 5.08. The quantitative estimate of drug-likeness (QED) is 0.662. The van der Waals surface area contributed by atoms with E-state index in [0.717, 1.165) is 12.0 Å². The Morgan fingerprint density at radius 3 is 3.07 bits per heavy atom. The highest BCUT2D eigenvalue weighted by atomic mass is 16.5. The Morgan fingerprint density at radius 2 is 2.33 bits per heavy atom. The van der Waals surface area contributed by atoms with Crippen molar-refractivity contribution in [1.82, 2.24) is 0 Å². The van der Waals surface area contributed by atoms with E-state index < -0.39 is 0 Å². The molecule has 1 aromatic carbocycles. The molecule has 3 nitrogen and oxygen atoms in total. The van der Waals surface area contributed by atoms with E-state index in [9.17, 15) is 4.79 Å². The van der Waals surface area contributed by atoms with Crippen molar-refractivity contribution in [2.75, 3.05) is 13.7 Å². The van der Waals surface area contributed by atoms with Gasteiger partial charge in [0.15, 0.2) is 0 Å². The van der Waals surface area contributed by atoms with Crippen molar-refractivity contribution in [3.05, 3.63) is 29.3 Å². The Balaban J connectivity index is 2.49. The fourth-order valence-electron chi connectivity index (χ4n) is 1.87. The summed E-state index contributed by atoms with van der Waals surface area (Å²) in [7, 11) is 1.38. The summed E-state index contributed by atoms with van der Waals surface area (Å²) in [5.74, 6) is 0.808. The Labute approximate surface area is 89.0 Å². The van der Waals surface area contributed by atoms with E-state index >= 15 is 0 Å². The van der Waals surface area contributed by atoms with Crippen LogP contribution in [0.3, 0.4) is 0 Å². The molecule has 0 bridgehead atoms. The molecule has 1 unspecified atom stereocenters. The Bertz CT molecular complexity index is 384. The summed E-state index contributed by atoms with van der Waals surface area (Å²) in [6.45, 7) is 2.81. The molecule has 1 aliphatic rings. The number of benzene rings is 1. The first-order chi connectivity index (χ1) is 7.24. The van der Waals surface area contributed by atoms with E-state index in [1.165, 1.54) is 7.11 Å². The van der Waals surface area contributed by atoms with Crippen LogP contribution < -0.4 is 4.74 Å². The smallest absolute Gasteiger partial charge is 0.341 e. The maximum atomic E-state index is 11.5. The average molecular weight is 206 g/mol. The third-order valence-electron chi connectivity index (χ3n) is 2.78. The molecule has 0 saturated heterocycles. The number of carbonyl (C=O) groups excluding carboxylic acids is 1. The molecule has 0 fully saturated rings. The Kier molecular flexibility index (Phi) is 2.62. The minimum absolute atomic E-state index is 0.332. The lowest BCUT2D eigenvalue weighted by Crippen LogP contribution is -2.15. The highest BCUT2D eigenvalue weighted by Crippen LogP contribution is 2.36. The van der Waals surface area contributed by atoms with Crippen LogP contribution >= 0.6 is 0 Å². The van der Waals surface area contributed by atoms with Crippen molar-refractivity contribution in [3.8, 4) is 5.75 Å². The van der Waals surface area contributed by atoms with Gasteiger partial charge in [-0.2, -0.15) is 0 Å². The minimum atomic E-state index is -0.332. The number of carbonyl (C=O) groups is 1. The molecule has 1 atom stereocenters. The molecule has 80 valence electrons. The zero-order valence-electron chi connectivity index (χ0n) is 8.95. The standard InChI is InChI=1S/C12H14O3/c1-8-6-7-15-11-9(8)4-3-5-10(11)12(13)14-2/h3-5,8H,6-7H2,1-2H3. The zero-order valence-corrected chi connectivity index (χ0v) is 8.95. The molecule has 0 spiro atoms. The van der Waals surface area contributed by atoms with E-state index in [1.54, 1.807) is 6.07 Å². The summed E-state index contributed by atoms with van der Waals surface area (Å²) in [6.07, 6.45) is 0.998. The third-order valence-corrected chi connectivity index (χ3v) is 2.78. The van der Waals surface area contributed by atoms with Crippen molar-refractivity contribution in [2.24, 2.45) is 0 Å². The van der Waals surface area contributed by atoms with Gasteiger partial charge in [0.05, 0.1) is 13.7 Å². The fourth-order valence-corrected chi connectivity index (χ4v) is 1.87. The molecule has 0 aromatic heterocycles. The van der Waals surface area contributed by atoms with Crippen molar-refractivity contribution in [1.29, 1.82) is 0 Å². The second-order valence-corrected chi connectivity index (χ2v) is 3.75. The number of hydrogen-bond donors (Lipinski definition) is 0. The summed E-state index contributed by atoms with van der Waals surface area (Å²) in [5.41, 5.74) is 1.63. The molecule has 0 aliphatic carbocycles. The van der Waals surface area contributed by atoms with Gasteiger partial charge in [0.1, 0.15) is 11.3 Å². The largest absolute Gasteiger partial charge is 0.492 e. The first kappa shape index (κ1) is 10.0. The molecular formula is C12H14O3. The Hall–Kier alpha value is -1.51. The Morgan fingerprint density at radius 1 is 1.53 bits per heavy atom. The molecule has 0 N–H and O–H groups in total. The van der Waals surface area contributed by atoms with Crippen LogP contribution in [0.25, 0.3) is 0 Å². The molecule has 0 amide bonds. The van der Waals surface area contributed by atoms with Crippen LogP contribution in [-0.4, -0.2) is 19.7 Å². The van der Waals surface area contributed by atoms with Crippen LogP contribution in [0.4, 0.5) is 0 Å². The monoisotopic (exact) mass is 206 g/mol. The highest BCUT2D eigenvalue weighted by molar-refractivity contribution is 5.93. The predicted molar refractivity (Wildman–Crippen MR) is 56.3 cm³/mol. The van der Waals surface area contributed by atoms with Gasteiger partial charge in [-0.05, 0) is 24.0 Å². The molecule has 0 radical (unpaired) electrons. The van der Waals surface area contributed by atoms with Crippen LogP contribution in [0.2, 0.25) is 0 Å². The van der Waals surface area contributed by atoms with Crippen LogP contribution in [0.1, 0.15) is 35.2 Å². The normalized spacial score (nSPS) is 18.9.